The molecule has 2 aliphatic rings. The number of nitrogens with one attached hydrogen (secondary N) is 2. The van der Waals surface area contributed by atoms with Gasteiger partial charge in [-0.15, -0.1) is 34.7 Å². The zero-order valence-corrected chi connectivity index (χ0v) is 44.3. The summed E-state index contributed by atoms with van der Waals surface area (Å²) in [4.78, 5) is 70.5. The van der Waals surface area contributed by atoms with Crippen LogP contribution in [-0.4, -0.2) is 68.0 Å². The van der Waals surface area contributed by atoms with Gasteiger partial charge in [-0.1, -0.05) is 217 Å². The van der Waals surface area contributed by atoms with Crippen molar-refractivity contribution in [2.24, 2.45) is 5.16 Å². The summed E-state index contributed by atoms with van der Waals surface area (Å²) in [7, 11) is 0. The number of β-lactam (4-membered cyclic amide) rings is 1. The number of aromatic nitrogens is 1. The van der Waals surface area contributed by atoms with Crippen molar-refractivity contribution in [1.82, 2.24) is 15.2 Å². The Morgan fingerprint density at radius 1 is 0.662 bits per heavy atom. The molecule has 0 spiro atoms. The number of esters is 2. The molecule has 0 aliphatic carbocycles. The largest absolute Gasteiger partial charge is 0.450 e. The molecule has 1 aromatic heterocycles. The smallest absolute Gasteiger partial charge is 0.356 e. The molecule has 386 valence electrons. The van der Waals surface area contributed by atoms with Crippen LogP contribution in [0.15, 0.2) is 234 Å². The number of ether oxygens (including phenoxy) is 2. The van der Waals surface area contributed by atoms with Crippen LogP contribution in [0.3, 0.4) is 0 Å². The molecule has 2 amide bonds. The lowest BCUT2D eigenvalue weighted by Crippen LogP contribution is -2.71. The van der Waals surface area contributed by atoms with Crippen LogP contribution in [-0.2, 0) is 39.0 Å². The van der Waals surface area contributed by atoms with E-state index in [1.54, 1.807) is 5.38 Å². The minimum atomic E-state index is -1.76. The van der Waals surface area contributed by atoms with E-state index in [0.29, 0.717) is 10.7 Å². The number of oxime groups is 1. The first-order valence-electron chi connectivity index (χ1n) is 24.9. The van der Waals surface area contributed by atoms with Gasteiger partial charge in [0.05, 0.1) is 0 Å². The first-order chi connectivity index (χ1) is 37.6. The lowest BCUT2D eigenvalue weighted by atomic mass is 9.77. The number of thiazole rings is 1. The van der Waals surface area contributed by atoms with Crippen molar-refractivity contribution in [1.29, 1.82) is 0 Å². The molecule has 8 aromatic rings. The van der Waals surface area contributed by atoms with Gasteiger partial charge in [0.15, 0.2) is 23.1 Å². The van der Waals surface area contributed by atoms with E-state index in [2.05, 4.69) is 15.8 Å². The third kappa shape index (κ3) is 11.0. The number of carbonyl (C=O) groups is 4. The van der Waals surface area contributed by atoms with Gasteiger partial charge in [-0.2, -0.15) is 0 Å². The van der Waals surface area contributed by atoms with Crippen molar-refractivity contribution in [2.75, 3.05) is 16.9 Å². The van der Waals surface area contributed by atoms with E-state index in [0.717, 1.165) is 38.9 Å². The number of carbonyl (C=O) groups excluding carboxylic acids is 4. The fraction of sp³-hybridized carbons (Fsp3) is 0.161. The molecule has 0 saturated carbocycles. The molecule has 0 bridgehead atoms. The van der Waals surface area contributed by atoms with Crippen LogP contribution >= 0.6 is 34.7 Å². The van der Waals surface area contributed by atoms with Crippen LogP contribution in [0.1, 0.15) is 70.7 Å². The van der Waals surface area contributed by atoms with Gasteiger partial charge < -0.3 is 24.9 Å². The van der Waals surface area contributed by atoms with Crippen LogP contribution in [0.5, 0.6) is 0 Å². The van der Waals surface area contributed by atoms with Gasteiger partial charge in [-0.25, -0.2) is 14.6 Å². The normalized spacial score (nSPS) is 15.6. The third-order valence-electron chi connectivity index (χ3n) is 13.3. The molecule has 12 nitrogen and oxygen atoms in total. The Hall–Kier alpha value is -8.30. The monoisotopic (exact) mass is 1080 g/mol. The summed E-state index contributed by atoms with van der Waals surface area (Å²) < 4.78 is 12.4. The fourth-order valence-electron chi connectivity index (χ4n) is 9.35. The molecular weight excluding hydrogens is 1030 g/mol. The Morgan fingerprint density at radius 3 is 1.53 bits per heavy atom. The number of amides is 2. The topological polar surface area (TPSA) is 149 Å². The second kappa shape index (κ2) is 23.3. The van der Waals surface area contributed by atoms with E-state index >= 15 is 0 Å². The van der Waals surface area contributed by atoms with Crippen molar-refractivity contribution < 1.29 is 33.5 Å². The van der Waals surface area contributed by atoms with Crippen molar-refractivity contribution in [3.05, 3.63) is 274 Å². The van der Waals surface area contributed by atoms with E-state index in [-0.39, 0.29) is 28.7 Å². The van der Waals surface area contributed by atoms with Crippen molar-refractivity contribution >= 4 is 69.3 Å². The number of halogens is 1. The van der Waals surface area contributed by atoms with E-state index < -0.39 is 58.5 Å². The summed E-state index contributed by atoms with van der Waals surface area (Å²) in [5.74, 6) is -2.61. The summed E-state index contributed by atoms with van der Waals surface area (Å²) in [5.41, 5.74) is 3.34. The summed E-state index contributed by atoms with van der Waals surface area (Å²) in [6.07, 6.45) is -1.57. The van der Waals surface area contributed by atoms with Gasteiger partial charge in [-0.3, -0.25) is 14.5 Å². The molecule has 2 N–H and O–H groups in total. The minimum Gasteiger partial charge on any atom is -0.450 e. The molecule has 1 saturated heterocycles. The Bertz CT molecular complexity index is 3230. The highest BCUT2D eigenvalue weighted by atomic mass is 35.5. The summed E-state index contributed by atoms with van der Waals surface area (Å²) in [5, 5.41) is 12.4. The third-order valence-corrected chi connectivity index (χ3v) is 15.7. The fourth-order valence-corrected chi connectivity index (χ4v) is 11.8. The van der Waals surface area contributed by atoms with Crippen molar-refractivity contribution in [3.8, 4) is 0 Å². The van der Waals surface area contributed by atoms with Crippen LogP contribution in [0.25, 0.3) is 0 Å². The Labute approximate surface area is 459 Å². The summed E-state index contributed by atoms with van der Waals surface area (Å²) in [6.45, 7) is 2.99. The molecule has 2 aliphatic heterocycles. The molecule has 10 rings (SSSR count). The zero-order valence-electron chi connectivity index (χ0n) is 41.9. The van der Waals surface area contributed by atoms with Gasteiger partial charge in [-0.05, 0) is 58.4 Å². The van der Waals surface area contributed by atoms with Gasteiger partial charge in [0.25, 0.3) is 11.8 Å². The number of fused-ring (bicyclic) bond motifs is 1. The molecule has 77 heavy (non-hydrogen) atoms. The van der Waals surface area contributed by atoms with Crippen molar-refractivity contribution in [2.45, 2.75) is 48.6 Å². The predicted molar refractivity (Wildman–Crippen MR) is 301 cm³/mol. The SMILES string of the molecule is CC(C)(O/N=C(/C(=O)NC1C(=O)N2C(C(=O)OC(c3ccccc3)c3ccccc3)=C(CCl)CS[C@H]12)c1csc(NC(c2ccccc2)(c2ccccc2)c2ccccc2)n1)C(=O)OC(c1ccccc1)c1ccccc1. The molecule has 7 aromatic carbocycles. The molecule has 2 atom stereocenters. The lowest BCUT2D eigenvalue weighted by molar-refractivity contribution is -0.172. The lowest BCUT2D eigenvalue weighted by Gasteiger charge is -2.49. The number of benzene rings is 7. The molecule has 15 heteroatoms. The first-order valence-corrected chi connectivity index (χ1v) is 27.3. The maximum atomic E-state index is 15.0. The van der Waals surface area contributed by atoms with E-state index in [9.17, 15) is 19.2 Å². The van der Waals surface area contributed by atoms with Gasteiger partial charge in [0.1, 0.15) is 28.3 Å². The van der Waals surface area contributed by atoms with E-state index in [1.807, 2.05) is 212 Å². The Kier molecular flexibility index (Phi) is 15.8. The number of thioether (sulfide) groups is 1. The standard InChI is InChI=1S/C62H52ClN5O7S2/c1-61(2,59(72)74-54(43-28-14-5-15-29-43)44-30-16-6-17-31-44)75-67-50(49-40-77-60(64-49)66-62(46-32-18-7-19-33-46,47-34-20-8-21-35-47)48-36-22-9-23-37-48)55(69)65-51-56(70)68-52(45(38-63)39-76-57(51)68)58(71)73-53(41-24-10-3-11-25-41)42-26-12-4-13-27-42/h3-37,40,51,53-54,57H,38-39H2,1-2H3,(H,64,66)(H,65,69)/b67-50+/t51?,57-/m1/s1. The summed E-state index contributed by atoms with van der Waals surface area (Å²) >= 11 is 9.06. The molecular formula is C62H52ClN5O7S2. The van der Waals surface area contributed by atoms with Gasteiger partial charge in [0, 0.05) is 17.0 Å². The summed E-state index contributed by atoms with van der Waals surface area (Å²) in [6, 6.07) is 66.2. The van der Waals surface area contributed by atoms with Gasteiger partial charge >= 0.3 is 11.9 Å². The maximum absolute atomic E-state index is 15.0. The average molecular weight is 1080 g/mol. The first kappa shape index (κ1) is 52.2. The predicted octanol–water partition coefficient (Wildman–Crippen LogP) is 11.6. The number of rotatable bonds is 19. The van der Waals surface area contributed by atoms with Crippen LogP contribution in [0.2, 0.25) is 0 Å². The number of anilines is 1. The second-order valence-corrected chi connectivity index (χ2v) is 20.9. The maximum Gasteiger partial charge on any atom is 0.356 e. The number of nitrogens with zero attached hydrogens (tertiary/aromatic N) is 3. The number of hydrogen-bond acceptors (Lipinski definition) is 12. The average Bonchev–Trinajstić information content (AvgIpc) is 3.95. The molecule has 0 radical (unpaired) electrons. The zero-order chi connectivity index (χ0) is 53.4. The highest BCUT2D eigenvalue weighted by Crippen LogP contribution is 2.43. The van der Waals surface area contributed by atoms with E-state index in [1.165, 1.54) is 41.8 Å². The van der Waals surface area contributed by atoms with Crippen LogP contribution in [0, 0.1) is 0 Å². The quantitative estimate of drug-likeness (QED) is 0.0200. The number of hydrogen-bond donors (Lipinski definition) is 2. The van der Waals surface area contributed by atoms with Gasteiger partial charge in [0.2, 0.25) is 5.60 Å². The molecule has 1 fully saturated rings. The van der Waals surface area contributed by atoms with Crippen LogP contribution in [0.4, 0.5) is 5.13 Å². The van der Waals surface area contributed by atoms with E-state index in [4.69, 9.17) is 30.9 Å². The number of alkyl halides is 1. The minimum absolute atomic E-state index is 0.0313. The highest BCUT2D eigenvalue weighted by Gasteiger charge is 2.55. The molecule has 3 heterocycles. The Morgan fingerprint density at radius 2 is 1.09 bits per heavy atom. The molecule has 1 unspecified atom stereocenters. The Balaban J connectivity index is 0.969. The highest BCUT2D eigenvalue weighted by molar-refractivity contribution is 8.00. The van der Waals surface area contributed by atoms with Crippen LogP contribution < -0.4 is 10.6 Å². The van der Waals surface area contributed by atoms with Crippen molar-refractivity contribution in [3.63, 3.8) is 0 Å². The second-order valence-electron chi connectivity index (χ2n) is 18.7.